The van der Waals surface area contributed by atoms with Gasteiger partial charge in [0.05, 0.1) is 5.92 Å². The molecule has 1 atom stereocenters. The van der Waals surface area contributed by atoms with Gasteiger partial charge in [0, 0.05) is 13.1 Å². The minimum Gasteiger partial charge on any atom is -0.353 e. The first-order valence-corrected chi connectivity index (χ1v) is 6.58. The number of rotatable bonds is 7. The molecule has 2 amide bonds. The van der Waals surface area contributed by atoms with Crippen molar-refractivity contribution >= 4 is 11.8 Å². The fraction of sp³-hybridized carbons (Fsp3) is 0.571. The molecule has 1 heterocycles. The standard InChI is InChI=1S/C14H23N3O2/c1-4-17-11-8-12(14(17)19)6-7-13(18)15-9-5-10-16(2)3/h4,6-7,12H,1,5,8-11H2,2-3H3,(H,15,18). The zero-order valence-electron chi connectivity index (χ0n) is 11.8. The Bertz CT molecular complexity index is 364. The third-order valence-electron chi connectivity index (χ3n) is 3.06. The van der Waals surface area contributed by atoms with Crippen LogP contribution >= 0.6 is 0 Å². The quantitative estimate of drug-likeness (QED) is 0.542. The summed E-state index contributed by atoms with van der Waals surface area (Å²) in [5.41, 5.74) is 0. The summed E-state index contributed by atoms with van der Waals surface area (Å²) in [6.07, 6.45) is 6.35. The monoisotopic (exact) mass is 265 g/mol. The van der Waals surface area contributed by atoms with Crippen LogP contribution in [0.3, 0.4) is 0 Å². The fourth-order valence-corrected chi connectivity index (χ4v) is 1.95. The van der Waals surface area contributed by atoms with Gasteiger partial charge in [-0.2, -0.15) is 0 Å². The molecule has 1 saturated heterocycles. The molecule has 1 fully saturated rings. The van der Waals surface area contributed by atoms with Crippen LogP contribution in [-0.4, -0.2) is 55.3 Å². The van der Waals surface area contributed by atoms with Crippen molar-refractivity contribution in [1.82, 2.24) is 15.1 Å². The van der Waals surface area contributed by atoms with Crippen LogP contribution in [0.25, 0.3) is 0 Å². The highest BCUT2D eigenvalue weighted by Crippen LogP contribution is 2.18. The van der Waals surface area contributed by atoms with Gasteiger partial charge >= 0.3 is 0 Å². The molecular formula is C14H23N3O2. The lowest BCUT2D eigenvalue weighted by Gasteiger charge is -2.09. The van der Waals surface area contributed by atoms with Gasteiger partial charge < -0.3 is 15.1 Å². The second-order valence-electron chi connectivity index (χ2n) is 4.92. The molecule has 0 spiro atoms. The van der Waals surface area contributed by atoms with E-state index in [1.165, 1.54) is 12.3 Å². The fourth-order valence-electron chi connectivity index (χ4n) is 1.95. The number of likely N-dealkylation sites (tertiary alicyclic amines) is 1. The highest BCUT2D eigenvalue weighted by Gasteiger charge is 2.27. The average molecular weight is 265 g/mol. The summed E-state index contributed by atoms with van der Waals surface area (Å²) in [6.45, 7) is 5.86. The van der Waals surface area contributed by atoms with Crippen LogP contribution in [0.1, 0.15) is 12.8 Å². The lowest BCUT2D eigenvalue weighted by molar-refractivity contribution is -0.127. The number of nitrogens with one attached hydrogen (secondary N) is 1. The normalized spacial score (nSPS) is 19.4. The molecule has 0 aromatic carbocycles. The minimum atomic E-state index is -0.189. The topological polar surface area (TPSA) is 52.7 Å². The molecule has 1 unspecified atom stereocenters. The van der Waals surface area contributed by atoms with Crippen LogP contribution in [0.15, 0.2) is 24.9 Å². The first-order chi connectivity index (χ1) is 9.04. The van der Waals surface area contributed by atoms with Gasteiger partial charge in [0.15, 0.2) is 0 Å². The van der Waals surface area contributed by atoms with Crippen molar-refractivity contribution in [1.29, 1.82) is 0 Å². The molecule has 0 aromatic heterocycles. The second-order valence-corrected chi connectivity index (χ2v) is 4.92. The van der Waals surface area contributed by atoms with Gasteiger partial charge in [-0.15, -0.1) is 0 Å². The summed E-state index contributed by atoms with van der Waals surface area (Å²) in [6, 6.07) is 0. The van der Waals surface area contributed by atoms with Crippen LogP contribution in [0.5, 0.6) is 0 Å². The molecular weight excluding hydrogens is 242 g/mol. The maximum Gasteiger partial charge on any atom is 0.243 e. The van der Waals surface area contributed by atoms with E-state index in [1.54, 1.807) is 11.0 Å². The van der Waals surface area contributed by atoms with E-state index in [0.29, 0.717) is 13.1 Å². The van der Waals surface area contributed by atoms with Gasteiger partial charge in [-0.25, -0.2) is 0 Å². The van der Waals surface area contributed by atoms with Crippen LogP contribution in [-0.2, 0) is 9.59 Å². The van der Waals surface area contributed by atoms with E-state index in [0.717, 1.165) is 19.4 Å². The number of carbonyl (C=O) groups is 2. The summed E-state index contributed by atoms with van der Waals surface area (Å²) in [5.74, 6) is -0.305. The lowest BCUT2D eigenvalue weighted by Crippen LogP contribution is -2.26. The van der Waals surface area contributed by atoms with Gasteiger partial charge in [-0.1, -0.05) is 12.7 Å². The van der Waals surface area contributed by atoms with Crippen LogP contribution < -0.4 is 5.32 Å². The molecule has 1 rings (SSSR count). The van der Waals surface area contributed by atoms with Gasteiger partial charge in [-0.05, 0) is 45.8 Å². The SMILES string of the molecule is C=CN1CCC(C=CC(=O)NCCCN(C)C)C1=O. The lowest BCUT2D eigenvalue weighted by atomic mass is 10.1. The molecule has 0 saturated carbocycles. The summed E-state index contributed by atoms with van der Waals surface area (Å²) >= 11 is 0. The Kier molecular flexibility index (Phi) is 6.29. The number of nitrogens with zero attached hydrogens (tertiary/aromatic N) is 2. The summed E-state index contributed by atoms with van der Waals surface area (Å²) in [5, 5.41) is 2.80. The van der Waals surface area contributed by atoms with E-state index >= 15 is 0 Å². The predicted molar refractivity (Wildman–Crippen MR) is 75.3 cm³/mol. The first kappa shape index (κ1) is 15.4. The molecule has 1 N–H and O–H groups in total. The van der Waals surface area contributed by atoms with Crippen molar-refractivity contribution in [3.8, 4) is 0 Å². The van der Waals surface area contributed by atoms with E-state index in [4.69, 9.17) is 0 Å². The van der Waals surface area contributed by atoms with Gasteiger partial charge in [-0.3, -0.25) is 9.59 Å². The van der Waals surface area contributed by atoms with Crippen molar-refractivity contribution in [2.75, 3.05) is 33.7 Å². The Balaban J connectivity index is 2.27. The molecule has 5 heteroatoms. The molecule has 0 aliphatic carbocycles. The zero-order valence-corrected chi connectivity index (χ0v) is 11.8. The van der Waals surface area contributed by atoms with Crippen LogP contribution in [0, 0.1) is 5.92 Å². The Morgan fingerprint density at radius 2 is 2.32 bits per heavy atom. The Morgan fingerprint density at radius 3 is 2.89 bits per heavy atom. The molecule has 5 nitrogen and oxygen atoms in total. The second kappa shape index (κ2) is 7.74. The maximum atomic E-state index is 11.8. The number of carbonyl (C=O) groups excluding carboxylic acids is 2. The Labute approximate surface area is 114 Å². The first-order valence-electron chi connectivity index (χ1n) is 6.58. The van der Waals surface area contributed by atoms with Crippen molar-refractivity contribution in [3.05, 3.63) is 24.9 Å². The van der Waals surface area contributed by atoms with Crippen molar-refractivity contribution in [2.45, 2.75) is 12.8 Å². The largest absolute Gasteiger partial charge is 0.353 e. The van der Waals surface area contributed by atoms with Crippen molar-refractivity contribution < 1.29 is 9.59 Å². The predicted octanol–water partition coefficient (Wildman–Crippen LogP) is 0.603. The molecule has 0 aromatic rings. The molecule has 106 valence electrons. The minimum absolute atomic E-state index is 0.0201. The smallest absolute Gasteiger partial charge is 0.243 e. The molecule has 0 bridgehead atoms. The van der Waals surface area contributed by atoms with Crippen molar-refractivity contribution in [3.63, 3.8) is 0 Å². The van der Waals surface area contributed by atoms with Gasteiger partial charge in [0.2, 0.25) is 11.8 Å². The van der Waals surface area contributed by atoms with Crippen molar-refractivity contribution in [2.24, 2.45) is 5.92 Å². The summed E-state index contributed by atoms with van der Waals surface area (Å²) < 4.78 is 0. The summed E-state index contributed by atoms with van der Waals surface area (Å²) in [7, 11) is 4.00. The van der Waals surface area contributed by atoms with E-state index in [1.807, 2.05) is 14.1 Å². The van der Waals surface area contributed by atoms with Crippen LogP contribution in [0.2, 0.25) is 0 Å². The Hall–Kier alpha value is -1.62. The average Bonchev–Trinajstić information content (AvgIpc) is 2.72. The number of hydrogen-bond donors (Lipinski definition) is 1. The van der Waals surface area contributed by atoms with E-state index in [2.05, 4.69) is 16.8 Å². The van der Waals surface area contributed by atoms with Crippen LogP contribution in [0.4, 0.5) is 0 Å². The van der Waals surface area contributed by atoms with E-state index < -0.39 is 0 Å². The molecule has 1 aliphatic rings. The van der Waals surface area contributed by atoms with E-state index in [9.17, 15) is 9.59 Å². The van der Waals surface area contributed by atoms with E-state index in [-0.39, 0.29) is 17.7 Å². The third-order valence-corrected chi connectivity index (χ3v) is 3.06. The molecule has 0 radical (unpaired) electrons. The third kappa shape index (κ3) is 5.26. The highest BCUT2D eigenvalue weighted by atomic mass is 16.2. The zero-order chi connectivity index (χ0) is 14.3. The number of hydrogen-bond acceptors (Lipinski definition) is 3. The van der Waals surface area contributed by atoms with Gasteiger partial charge in [0.25, 0.3) is 0 Å². The summed E-state index contributed by atoms with van der Waals surface area (Å²) in [4.78, 5) is 27.0. The highest BCUT2D eigenvalue weighted by molar-refractivity contribution is 5.89. The number of amides is 2. The molecule has 1 aliphatic heterocycles. The maximum absolute atomic E-state index is 11.8. The Morgan fingerprint density at radius 1 is 1.58 bits per heavy atom. The van der Waals surface area contributed by atoms with Gasteiger partial charge in [0.1, 0.15) is 0 Å². The molecule has 19 heavy (non-hydrogen) atoms.